The van der Waals surface area contributed by atoms with E-state index in [9.17, 15) is 4.79 Å². The molecule has 0 aliphatic rings. The summed E-state index contributed by atoms with van der Waals surface area (Å²) < 4.78 is 1.02. The normalized spacial score (nSPS) is 11.4. The van der Waals surface area contributed by atoms with Crippen molar-refractivity contribution < 1.29 is 4.79 Å². The molecule has 0 unspecified atom stereocenters. The van der Waals surface area contributed by atoms with E-state index in [4.69, 9.17) is 11.1 Å². The van der Waals surface area contributed by atoms with Crippen molar-refractivity contribution in [3.05, 3.63) is 88.4 Å². The Morgan fingerprint density at radius 3 is 2.31 bits per heavy atom. The zero-order chi connectivity index (χ0) is 20.8. The summed E-state index contributed by atoms with van der Waals surface area (Å²) in [5, 5.41) is 16.5. The van der Waals surface area contributed by atoms with Gasteiger partial charge in [-0.3, -0.25) is 5.41 Å². The zero-order valence-corrected chi connectivity index (χ0v) is 17.5. The van der Waals surface area contributed by atoms with Crippen LogP contribution in [-0.4, -0.2) is 11.9 Å². The molecular weight excluding hydrogens is 430 g/mol. The van der Waals surface area contributed by atoms with Gasteiger partial charge in [0.2, 0.25) is 0 Å². The smallest absolute Gasteiger partial charge is 0.323 e. The molecular formula is C22H22BrN5O. The molecule has 3 aromatic rings. The number of nitrogens with one attached hydrogen (secondary N) is 4. The predicted octanol–water partition coefficient (Wildman–Crippen LogP) is 5.55. The highest BCUT2D eigenvalue weighted by atomic mass is 79.9. The molecule has 0 aliphatic carbocycles. The minimum Gasteiger partial charge on any atom is -0.384 e. The number of hydrogen-bond donors (Lipinski definition) is 5. The number of rotatable bonds is 6. The van der Waals surface area contributed by atoms with E-state index in [1.165, 1.54) is 0 Å². The summed E-state index contributed by atoms with van der Waals surface area (Å²) in [4.78, 5) is 12.4. The Balaban J connectivity index is 1.68. The zero-order valence-electron chi connectivity index (χ0n) is 15.9. The molecule has 148 valence electrons. The molecule has 0 fully saturated rings. The van der Waals surface area contributed by atoms with Crippen LogP contribution in [-0.2, 0) is 0 Å². The number of amides is 2. The van der Waals surface area contributed by atoms with Gasteiger partial charge in [0, 0.05) is 21.8 Å². The van der Waals surface area contributed by atoms with Gasteiger partial charge < -0.3 is 21.7 Å². The summed E-state index contributed by atoms with van der Waals surface area (Å²) in [7, 11) is 0. The fourth-order valence-corrected chi connectivity index (χ4v) is 3.25. The average molecular weight is 452 g/mol. The molecule has 7 heteroatoms. The molecule has 2 amide bonds. The van der Waals surface area contributed by atoms with Crippen LogP contribution < -0.4 is 21.7 Å². The lowest BCUT2D eigenvalue weighted by Crippen LogP contribution is -2.20. The van der Waals surface area contributed by atoms with Gasteiger partial charge in [-0.25, -0.2) is 4.79 Å². The Morgan fingerprint density at radius 1 is 0.966 bits per heavy atom. The number of nitrogen functional groups attached to an aromatic ring is 1. The van der Waals surface area contributed by atoms with Gasteiger partial charge in [0.1, 0.15) is 5.84 Å². The number of benzene rings is 3. The van der Waals surface area contributed by atoms with Gasteiger partial charge in [0.15, 0.2) is 0 Å². The molecule has 0 heterocycles. The molecule has 6 N–H and O–H groups in total. The number of hydrogen-bond acceptors (Lipinski definition) is 3. The number of nitrogens with two attached hydrogens (primary N) is 1. The minimum absolute atomic E-state index is 0.0134. The van der Waals surface area contributed by atoms with E-state index in [2.05, 4.69) is 50.9 Å². The van der Waals surface area contributed by atoms with Gasteiger partial charge >= 0.3 is 6.03 Å². The van der Waals surface area contributed by atoms with Crippen molar-refractivity contribution in [2.75, 3.05) is 16.0 Å². The van der Waals surface area contributed by atoms with Crippen LogP contribution in [0.4, 0.5) is 21.9 Å². The Bertz CT molecular complexity index is 1020. The summed E-state index contributed by atoms with van der Waals surface area (Å²) >= 11 is 3.50. The van der Waals surface area contributed by atoms with Crippen LogP contribution in [0.5, 0.6) is 0 Å². The second-order valence-electron chi connectivity index (χ2n) is 6.54. The van der Waals surface area contributed by atoms with E-state index in [0.29, 0.717) is 16.9 Å². The van der Waals surface area contributed by atoms with Gasteiger partial charge in [-0.05, 0) is 61.0 Å². The van der Waals surface area contributed by atoms with Crippen molar-refractivity contribution >= 4 is 44.9 Å². The number of urea groups is 1. The topological polar surface area (TPSA) is 103 Å². The van der Waals surface area contributed by atoms with Crippen molar-refractivity contribution in [1.29, 1.82) is 5.41 Å². The first kappa shape index (κ1) is 20.4. The second-order valence-corrected chi connectivity index (χ2v) is 7.45. The largest absolute Gasteiger partial charge is 0.384 e. The Hall–Kier alpha value is -3.32. The maximum absolute atomic E-state index is 12.4. The highest BCUT2D eigenvalue weighted by Crippen LogP contribution is 2.27. The van der Waals surface area contributed by atoms with E-state index in [0.717, 1.165) is 15.7 Å². The lowest BCUT2D eigenvalue weighted by Gasteiger charge is -2.19. The number of amidine groups is 1. The fourth-order valence-electron chi connectivity index (χ4n) is 2.83. The predicted molar refractivity (Wildman–Crippen MR) is 123 cm³/mol. The van der Waals surface area contributed by atoms with Crippen molar-refractivity contribution in [2.24, 2.45) is 5.73 Å². The molecule has 0 radical (unpaired) electrons. The van der Waals surface area contributed by atoms with Gasteiger partial charge in [-0.15, -0.1) is 0 Å². The number of anilines is 3. The van der Waals surface area contributed by atoms with Crippen LogP contribution in [0, 0.1) is 5.41 Å². The third-order valence-corrected chi connectivity index (χ3v) is 4.84. The highest BCUT2D eigenvalue weighted by Gasteiger charge is 2.11. The number of halogens is 1. The first-order valence-electron chi connectivity index (χ1n) is 9.06. The standard InChI is InChI=1S/C22H22BrN5O/c1-14(16-5-4-6-17(23)13-16)26-19-7-2-3-8-20(19)28-22(29)27-18-11-9-15(10-12-18)21(24)25/h2-14,26H,1H3,(H3,24,25)(H2,27,28,29)/t14-/m1/s1. The highest BCUT2D eigenvalue weighted by molar-refractivity contribution is 9.10. The Kier molecular flexibility index (Phi) is 6.51. The lowest BCUT2D eigenvalue weighted by molar-refractivity contribution is 0.262. The van der Waals surface area contributed by atoms with E-state index in [1.54, 1.807) is 24.3 Å². The molecule has 3 rings (SSSR count). The quantitative estimate of drug-likeness (QED) is 0.250. The van der Waals surface area contributed by atoms with Crippen LogP contribution in [0.15, 0.2) is 77.3 Å². The molecule has 0 aromatic heterocycles. The van der Waals surface area contributed by atoms with Crippen molar-refractivity contribution in [2.45, 2.75) is 13.0 Å². The molecule has 0 saturated heterocycles. The summed E-state index contributed by atoms with van der Waals surface area (Å²) in [5.74, 6) is -0.0134. The minimum atomic E-state index is -0.357. The molecule has 3 aromatic carbocycles. The molecule has 29 heavy (non-hydrogen) atoms. The summed E-state index contributed by atoms with van der Waals surface area (Å²) in [6, 6.07) is 22.1. The summed E-state index contributed by atoms with van der Waals surface area (Å²) in [5.41, 5.74) is 9.29. The van der Waals surface area contributed by atoms with Crippen molar-refractivity contribution in [1.82, 2.24) is 0 Å². The van der Waals surface area contributed by atoms with Crippen LogP contribution in [0.2, 0.25) is 0 Å². The van der Waals surface area contributed by atoms with Crippen LogP contribution in [0.25, 0.3) is 0 Å². The van der Waals surface area contributed by atoms with Crippen molar-refractivity contribution in [3.8, 4) is 0 Å². The molecule has 1 atom stereocenters. The van der Waals surface area contributed by atoms with E-state index < -0.39 is 0 Å². The van der Waals surface area contributed by atoms with Crippen LogP contribution in [0.1, 0.15) is 24.1 Å². The van der Waals surface area contributed by atoms with Gasteiger partial charge in [-0.2, -0.15) is 0 Å². The van der Waals surface area contributed by atoms with Crippen LogP contribution >= 0.6 is 15.9 Å². The monoisotopic (exact) mass is 451 g/mol. The SMILES string of the molecule is C[C@@H](Nc1ccccc1NC(=O)Nc1ccc(C(=N)N)cc1)c1cccc(Br)c1. The Morgan fingerprint density at radius 2 is 1.66 bits per heavy atom. The van der Waals surface area contributed by atoms with Crippen LogP contribution in [0.3, 0.4) is 0 Å². The first-order valence-corrected chi connectivity index (χ1v) is 9.85. The molecule has 0 bridgehead atoms. The van der Waals surface area contributed by atoms with Crippen molar-refractivity contribution in [3.63, 3.8) is 0 Å². The molecule has 0 saturated carbocycles. The van der Waals surface area contributed by atoms with Gasteiger partial charge in [0.25, 0.3) is 0 Å². The van der Waals surface area contributed by atoms with E-state index in [1.807, 2.05) is 36.4 Å². The third-order valence-electron chi connectivity index (χ3n) is 4.35. The third kappa shape index (κ3) is 5.58. The maximum atomic E-state index is 12.4. The first-order chi connectivity index (χ1) is 13.9. The molecule has 0 spiro atoms. The Labute approximate surface area is 178 Å². The average Bonchev–Trinajstić information content (AvgIpc) is 2.70. The van der Waals surface area contributed by atoms with E-state index >= 15 is 0 Å². The number of carbonyl (C=O) groups is 1. The summed E-state index contributed by atoms with van der Waals surface area (Å²) in [6.45, 7) is 2.06. The summed E-state index contributed by atoms with van der Waals surface area (Å²) in [6.07, 6.45) is 0. The lowest BCUT2D eigenvalue weighted by atomic mass is 10.1. The van der Waals surface area contributed by atoms with E-state index in [-0.39, 0.29) is 17.9 Å². The van der Waals surface area contributed by atoms with Gasteiger partial charge in [-0.1, -0.05) is 40.2 Å². The number of para-hydroxylation sites is 2. The van der Waals surface area contributed by atoms with Gasteiger partial charge in [0.05, 0.1) is 11.4 Å². The fraction of sp³-hybridized carbons (Fsp3) is 0.0909. The molecule has 6 nitrogen and oxygen atoms in total. The molecule has 0 aliphatic heterocycles. The maximum Gasteiger partial charge on any atom is 0.323 e. The second kappa shape index (κ2) is 9.25. The number of carbonyl (C=O) groups excluding carboxylic acids is 1.